The third-order valence-corrected chi connectivity index (χ3v) is 6.83. The normalized spacial score (nSPS) is 29.3. The number of rotatable bonds is 4. The van der Waals surface area contributed by atoms with Crippen LogP contribution in [0.3, 0.4) is 0 Å². The first kappa shape index (κ1) is 20.7. The number of nitrogens with zero attached hydrogens (tertiary/aromatic N) is 3. The number of ether oxygens (including phenoxy) is 1. The second-order valence-corrected chi connectivity index (χ2v) is 8.70. The number of aromatic nitrogens is 1. The average Bonchev–Trinajstić information content (AvgIpc) is 3.03. The predicted molar refractivity (Wildman–Crippen MR) is 111 cm³/mol. The summed E-state index contributed by atoms with van der Waals surface area (Å²) >= 11 is 0. The van der Waals surface area contributed by atoms with E-state index in [1.807, 2.05) is 0 Å². The van der Waals surface area contributed by atoms with E-state index in [1.165, 1.54) is 13.3 Å². The van der Waals surface area contributed by atoms with E-state index in [9.17, 15) is 14.7 Å². The van der Waals surface area contributed by atoms with Crippen molar-refractivity contribution in [1.29, 1.82) is 0 Å². The van der Waals surface area contributed by atoms with Crippen molar-refractivity contribution in [3.63, 3.8) is 0 Å². The fourth-order valence-corrected chi connectivity index (χ4v) is 5.27. The lowest BCUT2D eigenvalue weighted by atomic mass is 9.78. The molecule has 1 spiro atoms. The van der Waals surface area contributed by atoms with Crippen molar-refractivity contribution in [3.05, 3.63) is 12.3 Å². The molecule has 0 aromatic carbocycles. The molecule has 2 saturated heterocycles. The van der Waals surface area contributed by atoms with Crippen molar-refractivity contribution in [3.8, 4) is 5.75 Å². The van der Waals surface area contributed by atoms with Crippen LogP contribution in [-0.2, 0) is 4.79 Å². The first-order valence-corrected chi connectivity index (χ1v) is 10.7. The molecule has 1 aromatic heterocycles. The first-order valence-electron chi connectivity index (χ1n) is 10.7. The van der Waals surface area contributed by atoms with Gasteiger partial charge in [0.25, 0.3) is 0 Å². The molecule has 1 aliphatic carbocycles. The molecule has 3 fully saturated rings. The van der Waals surface area contributed by atoms with Crippen LogP contribution in [0.1, 0.15) is 44.9 Å². The van der Waals surface area contributed by atoms with Crippen LogP contribution < -0.4 is 15.0 Å². The molecule has 0 radical (unpaired) electrons. The molecule has 1 atom stereocenters. The molecule has 30 heavy (non-hydrogen) atoms. The van der Waals surface area contributed by atoms with Crippen LogP contribution >= 0.6 is 0 Å². The van der Waals surface area contributed by atoms with E-state index in [1.54, 1.807) is 6.07 Å². The molecule has 3 N–H and O–H groups in total. The van der Waals surface area contributed by atoms with Gasteiger partial charge in [-0.15, -0.1) is 0 Å². The van der Waals surface area contributed by atoms with Gasteiger partial charge in [0, 0.05) is 31.7 Å². The zero-order valence-electron chi connectivity index (χ0n) is 17.3. The molecule has 2 amide bonds. The molecule has 9 heteroatoms. The van der Waals surface area contributed by atoms with Gasteiger partial charge in [0.1, 0.15) is 0 Å². The number of hydrogen-bond donors (Lipinski definition) is 3. The van der Waals surface area contributed by atoms with Gasteiger partial charge >= 0.3 is 6.09 Å². The van der Waals surface area contributed by atoms with Crippen molar-refractivity contribution in [2.45, 2.75) is 57.1 Å². The minimum Gasteiger partial charge on any atom is -0.493 e. The largest absolute Gasteiger partial charge is 0.493 e. The van der Waals surface area contributed by atoms with Gasteiger partial charge in [-0.3, -0.25) is 10.1 Å². The quantitative estimate of drug-likeness (QED) is 0.687. The maximum Gasteiger partial charge on any atom is 0.409 e. The number of carbonyl (C=O) groups excluding carboxylic acids is 1. The number of aliphatic hydroxyl groups is 1. The molecular formula is C21H30N4O5. The summed E-state index contributed by atoms with van der Waals surface area (Å²) in [6.45, 7) is 2.14. The Morgan fingerprint density at radius 2 is 2.03 bits per heavy atom. The number of carboxylic acid groups (broad SMARTS) is 1. The van der Waals surface area contributed by atoms with Crippen LogP contribution in [0.2, 0.25) is 0 Å². The molecule has 3 aliphatic rings. The predicted octanol–water partition coefficient (Wildman–Crippen LogP) is 2.30. The van der Waals surface area contributed by atoms with Gasteiger partial charge in [-0.2, -0.15) is 0 Å². The number of aliphatic hydroxyl groups excluding tert-OH is 1. The zero-order chi connectivity index (χ0) is 21.3. The Hall–Kier alpha value is -2.55. The molecule has 1 saturated carbocycles. The van der Waals surface area contributed by atoms with Gasteiger partial charge in [-0.1, -0.05) is 0 Å². The molecule has 0 bridgehead atoms. The number of amides is 2. The number of likely N-dealkylation sites (tertiary alicyclic amines) is 1. The van der Waals surface area contributed by atoms with Crippen LogP contribution in [0.25, 0.3) is 0 Å². The third-order valence-electron chi connectivity index (χ3n) is 6.83. The summed E-state index contributed by atoms with van der Waals surface area (Å²) in [5.41, 5.74) is -0.0589. The van der Waals surface area contributed by atoms with Gasteiger partial charge in [0.05, 0.1) is 30.5 Å². The number of methoxy groups -OCH3 is 1. The summed E-state index contributed by atoms with van der Waals surface area (Å²) in [6, 6.07) is 1.86. The van der Waals surface area contributed by atoms with Crippen molar-refractivity contribution in [1.82, 2.24) is 9.88 Å². The zero-order valence-corrected chi connectivity index (χ0v) is 17.3. The Labute approximate surface area is 176 Å². The molecule has 0 unspecified atom stereocenters. The Balaban J connectivity index is 1.51. The fourth-order valence-electron chi connectivity index (χ4n) is 5.27. The van der Waals surface area contributed by atoms with E-state index in [-0.39, 0.29) is 18.1 Å². The minimum absolute atomic E-state index is 0.227. The molecule has 3 heterocycles. The topological polar surface area (TPSA) is 115 Å². The highest BCUT2D eigenvalue weighted by Gasteiger charge is 2.51. The van der Waals surface area contributed by atoms with Crippen LogP contribution in [0.4, 0.5) is 16.3 Å². The smallest absolute Gasteiger partial charge is 0.409 e. The van der Waals surface area contributed by atoms with E-state index in [4.69, 9.17) is 9.84 Å². The van der Waals surface area contributed by atoms with Gasteiger partial charge in [0.2, 0.25) is 5.91 Å². The average molecular weight is 418 g/mol. The van der Waals surface area contributed by atoms with E-state index in [0.717, 1.165) is 58.0 Å². The van der Waals surface area contributed by atoms with Crippen molar-refractivity contribution in [2.75, 3.05) is 37.0 Å². The number of hydrogen-bond acceptors (Lipinski definition) is 6. The van der Waals surface area contributed by atoms with Gasteiger partial charge in [0.15, 0.2) is 11.6 Å². The number of nitrogens with one attached hydrogen (secondary N) is 1. The van der Waals surface area contributed by atoms with Crippen LogP contribution in [-0.4, -0.2) is 71.0 Å². The standard InChI is InChI=1S/C21H30N4O5/c1-30-17-11-14(23-20(28)29)12-22-18(17)24-9-2-7-21(13-24)8-10-25(19(21)27)15-3-5-16(26)6-4-15/h11-12,15-16,23,26H,2-10,13H2,1H3,(H,28,29)/t15?,16?,21-/m1/s1. The highest BCUT2D eigenvalue weighted by molar-refractivity contribution is 5.86. The maximum absolute atomic E-state index is 13.5. The van der Waals surface area contributed by atoms with Crippen LogP contribution in [0, 0.1) is 5.41 Å². The lowest BCUT2D eigenvalue weighted by Gasteiger charge is -2.41. The highest BCUT2D eigenvalue weighted by atomic mass is 16.5. The van der Waals surface area contributed by atoms with Crippen molar-refractivity contribution >= 4 is 23.5 Å². The summed E-state index contributed by atoms with van der Waals surface area (Å²) in [4.78, 5) is 33.0. The van der Waals surface area contributed by atoms with Gasteiger partial charge in [-0.05, 0) is 44.9 Å². The third kappa shape index (κ3) is 3.90. The SMILES string of the molecule is COc1cc(NC(=O)O)cnc1N1CCC[C@@]2(CCN(C3CCC(O)CC3)C2=O)C1. The highest BCUT2D eigenvalue weighted by Crippen LogP contribution is 2.44. The van der Waals surface area contributed by atoms with E-state index in [0.29, 0.717) is 23.8 Å². The number of anilines is 2. The fraction of sp³-hybridized carbons (Fsp3) is 0.667. The van der Waals surface area contributed by atoms with Gasteiger partial charge in [-0.25, -0.2) is 9.78 Å². The Kier molecular flexibility index (Phi) is 5.73. The second kappa shape index (κ2) is 8.29. The lowest BCUT2D eigenvalue weighted by Crippen LogP contribution is -2.50. The molecule has 164 valence electrons. The molecule has 1 aromatic rings. The maximum atomic E-state index is 13.5. The van der Waals surface area contributed by atoms with Crippen molar-refractivity contribution < 1.29 is 24.5 Å². The first-order chi connectivity index (χ1) is 14.4. The number of pyridine rings is 1. The van der Waals surface area contributed by atoms with Crippen LogP contribution in [0.15, 0.2) is 12.3 Å². The van der Waals surface area contributed by atoms with E-state index >= 15 is 0 Å². The summed E-state index contributed by atoms with van der Waals surface area (Å²) < 4.78 is 5.47. The Morgan fingerprint density at radius 1 is 1.27 bits per heavy atom. The lowest BCUT2D eigenvalue weighted by molar-refractivity contribution is -0.139. The number of piperidine rings is 1. The molecular weight excluding hydrogens is 388 g/mol. The Bertz CT molecular complexity index is 811. The minimum atomic E-state index is -1.16. The van der Waals surface area contributed by atoms with Crippen molar-refractivity contribution in [2.24, 2.45) is 5.41 Å². The van der Waals surface area contributed by atoms with E-state index in [2.05, 4.69) is 20.1 Å². The summed E-state index contributed by atoms with van der Waals surface area (Å²) in [6.07, 6.45) is 5.98. The number of carbonyl (C=O) groups is 2. The molecule has 2 aliphatic heterocycles. The summed E-state index contributed by atoms with van der Waals surface area (Å²) in [7, 11) is 1.53. The summed E-state index contributed by atoms with van der Waals surface area (Å²) in [5.74, 6) is 1.36. The summed E-state index contributed by atoms with van der Waals surface area (Å²) in [5, 5.41) is 21.0. The van der Waals surface area contributed by atoms with Gasteiger partial charge < -0.3 is 24.7 Å². The van der Waals surface area contributed by atoms with E-state index < -0.39 is 11.5 Å². The molecule has 4 rings (SSSR count). The van der Waals surface area contributed by atoms with Crippen LogP contribution in [0.5, 0.6) is 5.75 Å². The molecule has 9 nitrogen and oxygen atoms in total. The Morgan fingerprint density at radius 3 is 2.73 bits per heavy atom. The second-order valence-electron chi connectivity index (χ2n) is 8.70. The monoisotopic (exact) mass is 418 g/mol.